The van der Waals surface area contributed by atoms with Crippen LogP contribution in [0, 0.1) is 0 Å². The minimum absolute atomic E-state index is 0.191. The average Bonchev–Trinajstić information content (AvgIpc) is 2.90. The number of piperidine rings is 1. The van der Waals surface area contributed by atoms with Gasteiger partial charge in [0.1, 0.15) is 0 Å². The second-order valence-electron chi connectivity index (χ2n) is 5.44. The quantitative estimate of drug-likeness (QED) is 0.841. The fraction of sp³-hybridized carbons (Fsp3) is 0.667. The molecule has 1 fully saturated rings. The van der Waals surface area contributed by atoms with E-state index in [0.29, 0.717) is 12.5 Å². The lowest BCUT2D eigenvalue weighted by Gasteiger charge is -2.23. The fourth-order valence-corrected chi connectivity index (χ4v) is 3.44. The van der Waals surface area contributed by atoms with E-state index in [-0.39, 0.29) is 11.9 Å². The Labute approximate surface area is 119 Å². The SMILES string of the molecule is CC(Cc1cccs1)NC(=O)CCC1CCCCN1. The van der Waals surface area contributed by atoms with Crippen molar-refractivity contribution in [3.05, 3.63) is 22.4 Å². The summed E-state index contributed by atoms with van der Waals surface area (Å²) in [6.45, 7) is 3.19. The van der Waals surface area contributed by atoms with Gasteiger partial charge in [-0.05, 0) is 44.2 Å². The first-order chi connectivity index (χ1) is 9.24. The largest absolute Gasteiger partial charge is 0.353 e. The van der Waals surface area contributed by atoms with Crippen LogP contribution in [0.2, 0.25) is 0 Å². The summed E-state index contributed by atoms with van der Waals surface area (Å²) in [5.74, 6) is 0.191. The van der Waals surface area contributed by atoms with E-state index in [1.54, 1.807) is 11.3 Å². The summed E-state index contributed by atoms with van der Waals surface area (Å²) >= 11 is 1.75. The van der Waals surface area contributed by atoms with Crippen molar-refractivity contribution in [1.29, 1.82) is 0 Å². The third-order valence-electron chi connectivity index (χ3n) is 3.63. The maximum atomic E-state index is 11.9. The number of thiophene rings is 1. The van der Waals surface area contributed by atoms with Crippen LogP contribution in [0.25, 0.3) is 0 Å². The molecule has 2 N–H and O–H groups in total. The van der Waals surface area contributed by atoms with Gasteiger partial charge < -0.3 is 10.6 Å². The Kier molecular flexibility index (Phi) is 5.86. The minimum Gasteiger partial charge on any atom is -0.353 e. The molecular formula is C15H24N2OS. The zero-order chi connectivity index (χ0) is 13.5. The molecule has 0 radical (unpaired) electrons. The van der Waals surface area contributed by atoms with E-state index >= 15 is 0 Å². The first kappa shape index (κ1) is 14.5. The van der Waals surface area contributed by atoms with E-state index < -0.39 is 0 Å². The van der Waals surface area contributed by atoms with Gasteiger partial charge in [0, 0.05) is 29.8 Å². The van der Waals surface area contributed by atoms with E-state index in [2.05, 4.69) is 35.1 Å². The molecule has 2 atom stereocenters. The van der Waals surface area contributed by atoms with Crippen molar-refractivity contribution in [3.63, 3.8) is 0 Å². The predicted molar refractivity (Wildman–Crippen MR) is 80.5 cm³/mol. The summed E-state index contributed by atoms with van der Waals surface area (Å²) in [6.07, 6.45) is 6.35. The highest BCUT2D eigenvalue weighted by atomic mass is 32.1. The maximum absolute atomic E-state index is 11.9. The van der Waals surface area contributed by atoms with Gasteiger partial charge in [-0.15, -0.1) is 11.3 Å². The van der Waals surface area contributed by atoms with E-state index in [1.165, 1.54) is 24.1 Å². The molecule has 1 amide bonds. The van der Waals surface area contributed by atoms with Crippen LogP contribution in [0.3, 0.4) is 0 Å². The van der Waals surface area contributed by atoms with Gasteiger partial charge in [0.2, 0.25) is 5.91 Å². The summed E-state index contributed by atoms with van der Waals surface area (Å²) in [5, 5.41) is 8.67. The molecule has 4 heteroatoms. The van der Waals surface area contributed by atoms with E-state index in [1.807, 2.05) is 0 Å². The number of amides is 1. The van der Waals surface area contributed by atoms with Gasteiger partial charge in [-0.1, -0.05) is 12.5 Å². The summed E-state index contributed by atoms with van der Waals surface area (Å²) in [5.41, 5.74) is 0. The highest BCUT2D eigenvalue weighted by molar-refractivity contribution is 7.09. The number of hydrogen-bond donors (Lipinski definition) is 2. The normalized spacial score (nSPS) is 21.0. The van der Waals surface area contributed by atoms with Gasteiger partial charge in [0.05, 0.1) is 0 Å². The Morgan fingerprint density at radius 1 is 1.58 bits per heavy atom. The lowest BCUT2D eigenvalue weighted by molar-refractivity contribution is -0.121. The summed E-state index contributed by atoms with van der Waals surface area (Å²) in [7, 11) is 0. The molecule has 19 heavy (non-hydrogen) atoms. The summed E-state index contributed by atoms with van der Waals surface area (Å²) in [6, 6.07) is 4.96. The average molecular weight is 280 g/mol. The van der Waals surface area contributed by atoms with Gasteiger partial charge in [0.15, 0.2) is 0 Å². The van der Waals surface area contributed by atoms with Crippen molar-refractivity contribution in [2.24, 2.45) is 0 Å². The molecule has 1 aliphatic rings. The first-order valence-electron chi connectivity index (χ1n) is 7.29. The standard InChI is InChI=1S/C15H24N2OS/c1-12(11-14-6-4-10-19-14)17-15(18)8-7-13-5-2-3-9-16-13/h4,6,10,12-13,16H,2-3,5,7-9,11H2,1H3,(H,17,18). The minimum atomic E-state index is 0.191. The lowest BCUT2D eigenvalue weighted by Crippen LogP contribution is -2.37. The smallest absolute Gasteiger partial charge is 0.220 e. The van der Waals surface area contributed by atoms with Gasteiger partial charge in [-0.2, -0.15) is 0 Å². The third kappa shape index (κ3) is 5.33. The van der Waals surface area contributed by atoms with Crippen molar-refractivity contribution in [2.45, 2.75) is 57.5 Å². The molecule has 2 rings (SSSR count). The van der Waals surface area contributed by atoms with E-state index in [9.17, 15) is 4.79 Å². The molecule has 1 aromatic heterocycles. The van der Waals surface area contributed by atoms with Gasteiger partial charge in [-0.25, -0.2) is 0 Å². The van der Waals surface area contributed by atoms with Gasteiger partial charge >= 0.3 is 0 Å². The van der Waals surface area contributed by atoms with Crippen LogP contribution in [0.5, 0.6) is 0 Å². The molecule has 0 saturated carbocycles. The lowest BCUT2D eigenvalue weighted by atomic mass is 10.0. The fourth-order valence-electron chi connectivity index (χ4n) is 2.60. The molecule has 106 valence electrons. The van der Waals surface area contributed by atoms with Crippen LogP contribution in [-0.2, 0) is 11.2 Å². The van der Waals surface area contributed by atoms with Crippen molar-refractivity contribution in [2.75, 3.05) is 6.54 Å². The van der Waals surface area contributed by atoms with Crippen LogP contribution >= 0.6 is 11.3 Å². The molecule has 0 bridgehead atoms. The topological polar surface area (TPSA) is 41.1 Å². The molecule has 3 nitrogen and oxygen atoms in total. The van der Waals surface area contributed by atoms with Gasteiger partial charge in [0.25, 0.3) is 0 Å². The highest BCUT2D eigenvalue weighted by Crippen LogP contribution is 2.13. The number of nitrogens with one attached hydrogen (secondary N) is 2. The van der Waals surface area contributed by atoms with Crippen LogP contribution < -0.4 is 10.6 Å². The zero-order valence-electron chi connectivity index (χ0n) is 11.7. The van der Waals surface area contributed by atoms with Crippen LogP contribution in [-0.4, -0.2) is 24.5 Å². The molecule has 0 aliphatic carbocycles. The molecule has 1 saturated heterocycles. The van der Waals surface area contributed by atoms with Crippen LogP contribution in [0.15, 0.2) is 17.5 Å². The maximum Gasteiger partial charge on any atom is 0.220 e. The van der Waals surface area contributed by atoms with Crippen molar-refractivity contribution >= 4 is 17.2 Å². The number of hydrogen-bond acceptors (Lipinski definition) is 3. The van der Waals surface area contributed by atoms with Crippen molar-refractivity contribution in [1.82, 2.24) is 10.6 Å². The third-order valence-corrected chi connectivity index (χ3v) is 4.53. The highest BCUT2D eigenvalue weighted by Gasteiger charge is 2.15. The molecule has 2 unspecified atom stereocenters. The molecule has 0 aromatic carbocycles. The van der Waals surface area contributed by atoms with E-state index in [4.69, 9.17) is 0 Å². The van der Waals surface area contributed by atoms with Crippen molar-refractivity contribution < 1.29 is 4.79 Å². The Balaban J connectivity index is 1.63. The predicted octanol–water partition coefficient (Wildman–Crippen LogP) is 2.72. The summed E-state index contributed by atoms with van der Waals surface area (Å²) in [4.78, 5) is 13.2. The Morgan fingerprint density at radius 3 is 3.16 bits per heavy atom. The van der Waals surface area contributed by atoms with Crippen LogP contribution in [0.4, 0.5) is 0 Å². The second kappa shape index (κ2) is 7.65. The van der Waals surface area contributed by atoms with Gasteiger partial charge in [-0.3, -0.25) is 4.79 Å². The first-order valence-corrected chi connectivity index (χ1v) is 8.17. The summed E-state index contributed by atoms with van der Waals surface area (Å²) < 4.78 is 0. The van der Waals surface area contributed by atoms with E-state index in [0.717, 1.165) is 19.4 Å². The molecule has 2 heterocycles. The number of rotatable bonds is 6. The molecule has 0 spiro atoms. The second-order valence-corrected chi connectivity index (χ2v) is 6.47. The zero-order valence-corrected chi connectivity index (χ0v) is 12.5. The van der Waals surface area contributed by atoms with Crippen molar-refractivity contribution in [3.8, 4) is 0 Å². The molecule has 1 aromatic rings. The Hall–Kier alpha value is -0.870. The monoisotopic (exact) mass is 280 g/mol. The molecule has 1 aliphatic heterocycles. The Bertz CT molecular complexity index is 372. The number of carbonyl (C=O) groups excluding carboxylic acids is 1. The molecular weight excluding hydrogens is 256 g/mol. The Morgan fingerprint density at radius 2 is 2.47 bits per heavy atom. The van der Waals surface area contributed by atoms with Crippen LogP contribution in [0.1, 0.15) is 43.9 Å². The number of carbonyl (C=O) groups is 1.